The Hall–Kier alpha value is -0.120. The van der Waals surface area contributed by atoms with Crippen molar-refractivity contribution in [2.45, 2.75) is 38.3 Å². The van der Waals surface area contributed by atoms with E-state index in [1.165, 1.54) is 12.8 Å². The predicted molar refractivity (Wildman–Crippen MR) is 59.3 cm³/mol. The van der Waals surface area contributed by atoms with Gasteiger partial charge in [-0.15, -0.1) is 0 Å². The van der Waals surface area contributed by atoms with E-state index in [9.17, 15) is 0 Å². The van der Waals surface area contributed by atoms with Crippen LogP contribution in [0.2, 0.25) is 0 Å². The van der Waals surface area contributed by atoms with Gasteiger partial charge in [-0.1, -0.05) is 0 Å². The van der Waals surface area contributed by atoms with Gasteiger partial charge in [-0.05, 0) is 39.2 Å². The third kappa shape index (κ3) is 3.95. The Morgan fingerprint density at radius 1 is 1.50 bits per heavy atom. The Balaban J connectivity index is 2.14. The second kappa shape index (κ2) is 5.69. The van der Waals surface area contributed by atoms with Crippen molar-refractivity contribution < 1.29 is 4.74 Å². The fraction of sp³-hybridized carbons (Fsp3) is 1.00. The third-order valence-corrected chi connectivity index (χ3v) is 3.21. The van der Waals surface area contributed by atoms with Gasteiger partial charge in [-0.25, -0.2) is 0 Å². The molecule has 84 valence electrons. The Morgan fingerprint density at radius 2 is 2.14 bits per heavy atom. The maximum absolute atomic E-state index is 6.00. The zero-order valence-electron chi connectivity index (χ0n) is 9.70. The van der Waals surface area contributed by atoms with Gasteiger partial charge in [0.2, 0.25) is 0 Å². The number of rotatable bonds is 7. The van der Waals surface area contributed by atoms with Crippen LogP contribution in [-0.2, 0) is 4.74 Å². The number of ether oxygens (including phenoxy) is 1. The zero-order valence-corrected chi connectivity index (χ0v) is 9.70. The summed E-state index contributed by atoms with van der Waals surface area (Å²) in [7, 11) is 3.90. The van der Waals surface area contributed by atoms with Gasteiger partial charge < -0.3 is 15.4 Å². The summed E-state index contributed by atoms with van der Waals surface area (Å²) in [6, 6.07) is 0.949. The standard InChI is InChI=1S/C11H24N2O/c1-9(10-4-5-10)13(2)8-11(12)6-7-14-3/h9-11H,4-8,12H2,1-3H3. The molecule has 0 aliphatic heterocycles. The smallest absolute Gasteiger partial charge is 0.0477 e. The molecule has 0 aromatic rings. The Morgan fingerprint density at radius 3 is 2.64 bits per heavy atom. The number of nitrogens with two attached hydrogens (primary N) is 1. The molecule has 1 saturated carbocycles. The molecular weight excluding hydrogens is 176 g/mol. The third-order valence-electron chi connectivity index (χ3n) is 3.21. The summed E-state index contributed by atoms with van der Waals surface area (Å²) >= 11 is 0. The highest BCUT2D eigenvalue weighted by atomic mass is 16.5. The van der Waals surface area contributed by atoms with E-state index in [4.69, 9.17) is 10.5 Å². The Kier molecular flexibility index (Phi) is 4.85. The molecular formula is C11H24N2O. The molecule has 14 heavy (non-hydrogen) atoms. The van der Waals surface area contributed by atoms with Gasteiger partial charge in [0.15, 0.2) is 0 Å². The SMILES string of the molecule is COCCC(N)CN(C)C(C)C1CC1. The van der Waals surface area contributed by atoms with Crippen molar-refractivity contribution in [1.82, 2.24) is 4.90 Å². The van der Waals surface area contributed by atoms with Crippen LogP contribution < -0.4 is 5.73 Å². The van der Waals surface area contributed by atoms with E-state index in [1.54, 1.807) is 7.11 Å². The molecule has 2 N–H and O–H groups in total. The van der Waals surface area contributed by atoms with Crippen molar-refractivity contribution >= 4 is 0 Å². The van der Waals surface area contributed by atoms with Crippen molar-refractivity contribution in [2.75, 3.05) is 27.3 Å². The van der Waals surface area contributed by atoms with Crippen LogP contribution in [0.4, 0.5) is 0 Å². The van der Waals surface area contributed by atoms with Gasteiger partial charge in [0, 0.05) is 32.3 Å². The first-order valence-corrected chi connectivity index (χ1v) is 5.60. The minimum absolute atomic E-state index is 0.251. The molecule has 0 aromatic carbocycles. The lowest BCUT2D eigenvalue weighted by molar-refractivity contribution is 0.168. The highest BCUT2D eigenvalue weighted by Gasteiger charge is 2.30. The van der Waals surface area contributed by atoms with Gasteiger partial charge in [-0.2, -0.15) is 0 Å². The molecule has 0 amide bonds. The lowest BCUT2D eigenvalue weighted by atomic mass is 10.1. The van der Waals surface area contributed by atoms with Gasteiger partial charge in [0.1, 0.15) is 0 Å². The van der Waals surface area contributed by atoms with Crippen molar-refractivity contribution in [3.63, 3.8) is 0 Å². The molecule has 1 fully saturated rings. The molecule has 0 saturated heterocycles. The van der Waals surface area contributed by atoms with E-state index in [0.29, 0.717) is 6.04 Å². The average molecular weight is 200 g/mol. The average Bonchev–Trinajstić information content (AvgIpc) is 2.96. The Labute approximate surface area is 87.6 Å². The van der Waals surface area contributed by atoms with Gasteiger partial charge in [0.05, 0.1) is 0 Å². The zero-order chi connectivity index (χ0) is 10.6. The fourth-order valence-electron chi connectivity index (χ4n) is 1.84. The molecule has 0 bridgehead atoms. The lowest BCUT2D eigenvalue weighted by Crippen LogP contribution is -2.41. The lowest BCUT2D eigenvalue weighted by Gasteiger charge is -2.27. The van der Waals surface area contributed by atoms with Crippen LogP contribution in [0.5, 0.6) is 0 Å². The number of hydrogen-bond donors (Lipinski definition) is 1. The summed E-state index contributed by atoms with van der Waals surface area (Å²) in [5.74, 6) is 0.926. The second-order valence-corrected chi connectivity index (χ2v) is 4.56. The summed E-state index contributed by atoms with van der Waals surface area (Å²) in [4.78, 5) is 2.39. The van der Waals surface area contributed by atoms with E-state index in [1.807, 2.05) is 0 Å². The molecule has 0 radical (unpaired) electrons. The number of methoxy groups -OCH3 is 1. The molecule has 1 aliphatic rings. The molecule has 0 aromatic heterocycles. The first kappa shape index (κ1) is 12.0. The van der Waals surface area contributed by atoms with Crippen LogP contribution in [0.15, 0.2) is 0 Å². The predicted octanol–water partition coefficient (Wildman–Crippen LogP) is 1.08. The summed E-state index contributed by atoms with van der Waals surface area (Å²) < 4.78 is 5.02. The minimum Gasteiger partial charge on any atom is -0.385 e. The van der Waals surface area contributed by atoms with E-state index in [0.717, 1.165) is 25.5 Å². The molecule has 0 spiro atoms. The fourth-order valence-corrected chi connectivity index (χ4v) is 1.84. The first-order chi connectivity index (χ1) is 6.65. The molecule has 1 aliphatic carbocycles. The maximum atomic E-state index is 6.00. The summed E-state index contributed by atoms with van der Waals surface area (Å²) in [6.07, 6.45) is 3.76. The summed E-state index contributed by atoms with van der Waals surface area (Å²) in [5.41, 5.74) is 6.00. The van der Waals surface area contributed by atoms with Crippen LogP contribution in [0.1, 0.15) is 26.2 Å². The van der Waals surface area contributed by atoms with Crippen LogP contribution >= 0.6 is 0 Å². The van der Waals surface area contributed by atoms with E-state index in [2.05, 4.69) is 18.9 Å². The van der Waals surface area contributed by atoms with Crippen molar-refractivity contribution in [1.29, 1.82) is 0 Å². The van der Waals surface area contributed by atoms with Crippen LogP contribution in [-0.4, -0.2) is 44.3 Å². The summed E-state index contributed by atoms with van der Waals surface area (Å²) in [5, 5.41) is 0. The summed E-state index contributed by atoms with van der Waals surface area (Å²) in [6.45, 7) is 4.06. The highest BCUT2D eigenvalue weighted by molar-refractivity contribution is 4.85. The molecule has 2 atom stereocenters. The van der Waals surface area contributed by atoms with Crippen LogP contribution in [0.3, 0.4) is 0 Å². The molecule has 3 heteroatoms. The van der Waals surface area contributed by atoms with E-state index in [-0.39, 0.29) is 6.04 Å². The van der Waals surface area contributed by atoms with Crippen LogP contribution in [0.25, 0.3) is 0 Å². The van der Waals surface area contributed by atoms with Gasteiger partial charge in [0.25, 0.3) is 0 Å². The topological polar surface area (TPSA) is 38.5 Å². The van der Waals surface area contributed by atoms with E-state index < -0.39 is 0 Å². The van der Waals surface area contributed by atoms with Gasteiger partial charge in [-0.3, -0.25) is 0 Å². The molecule has 0 heterocycles. The van der Waals surface area contributed by atoms with Gasteiger partial charge >= 0.3 is 0 Å². The normalized spacial score (nSPS) is 21.2. The number of hydrogen-bond acceptors (Lipinski definition) is 3. The quantitative estimate of drug-likeness (QED) is 0.668. The van der Waals surface area contributed by atoms with E-state index >= 15 is 0 Å². The maximum Gasteiger partial charge on any atom is 0.0477 e. The number of likely N-dealkylation sites (N-methyl/N-ethyl adjacent to an activating group) is 1. The van der Waals surface area contributed by atoms with Crippen molar-refractivity contribution in [3.05, 3.63) is 0 Å². The first-order valence-electron chi connectivity index (χ1n) is 5.60. The largest absolute Gasteiger partial charge is 0.385 e. The molecule has 1 rings (SSSR count). The van der Waals surface area contributed by atoms with Crippen molar-refractivity contribution in [2.24, 2.45) is 11.7 Å². The second-order valence-electron chi connectivity index (χ2n) is 4.56. The number of nitrogens with zero attached hydrogens (tertiary/aromatic N) is 1. The minimum atomic E-state index is 0.251. The Bertz CT molecular complexity index is 159. The monoisotopic (exact) mass is 200 g/mol. The highest BCUT2D eigenvalue weighted by Crippen LogP contribution is 2.34. The molecule has 2 unspecified atom stereocenters. The van der Waals surface area contributed by atoms with Crippen molar-refractivity contribution in [3.8, 4) is 0 Å². The molecule has 3 nitrogen and oxygen atoms in total. The van der Waals surface area contributed by atoms with Crippen LogP contribution in [0, 0.1) is 5.92 Å².